The van der Waals surface area contributed by atoms with Crippen LogP contribution in [0.15, 0.2) is 30.3 Å². The molecule has 1 heterocycles. The van der Waals surface area contributed by atoms with E-state index in [1.54, 1.807) is 0 Å². The van der Waals surface area contributed by atoms with Gasteiger partial charge >= 0.3 is 0 Å². The maximum atomic E-state index is 5.55. The van der Waals surface area contributed by atoms with Gasteiger partial charge in [-0.3, -0.25) is 4.90 Å². The molecule has 1 N–H and O–H groups in total. The molecule has 3 nitrogen and oxygen atoms in total. The number of rotatable bonds is 6. The molecule has 1 saturated heterocycles. The molecule has 2 unspecified atom stereocenters. The highest BCUT2D eigenvalue weighted by Gasteiger charge is 2.25. The van der Waals surface area contributed by atoms with Gasteiger partial charge in [-0.2, -0.15) is 0 Å². The van der Waals surface area contributed by atoms with Crippen LogP contribution in [0, 0.1) is 5.92 Å². The van der Waals surface area contributed by atoms with E-state index in [-0.39, 0.29) is 0 Å². The summed E-state index contributed by atoms with van der Waals surface area (Å²) >= 11 is 0. The van der Waals surface area contributed by atoms with Gasteiger partial charge in [-0.1, -0.05) is 37.3 Å². The van der Waals surface area contributed by atoms with E-state index in [4.69, 9.17) is 4.74 Å². The molecule has 3 heteroatoms. The number of ether oxygens (including phenoxy) is 1. The first kappa shape index (κ1) is 14.5. The smallest absolute Gasteiger partial charge is 0.0724 e. The van der Waals surface area contributed by atoms with Crippen molar-refractivity contribution in [2.75, 3.05) is 33.3 Å². The molecule has 1 fully saturated rings. The molecule has 2 rings (SSSR count). The Morgan fingerprint density at radius 3 is 2.84 bits per heavy atom. The van der Waals surface area contributed by atoms with Crippen molar-refractivity contribution in [1.82, 2.24) is 10.2 Å². The van der Waals surface area contributed by atoms with Crippen LogP contribution in [-0.4, -0.2) is 44.3 Å². The molecule has 0 aromatic heterocycles. The first-order valence-electron chi connectivity index (χ1n) is 7.29. The third kappa shape index (κ3) is 4.60. The van der Waals surface area contributed by atoms with Crippen molar-refractivity contribution in [3.05, 3.63) is 35.9 Å². The number of nitrogens with one attached hydrogen (secondary N) is 1. The molecule has 1 aromatic rings. The van der Waals surface area contributed by atoms with Gasteiger partial charge in [-0.05, 0) is 24.4 Å². The summed E-state index contributed by atoms with van der Waals surface area (Å²) in [5.41, 5.74) is 1.35. The number of hydrogen-bond acceptors (Lipinski definition) is 3. The maximum Gasteiger partial charge on any atom is 0.0724 e. The Morgan fingerprint density at radius 2 is 2.11 bits per heavy atom. The average Bonchev–Trinajstić information content (AvgIpc) is 2.46. The largest absolute Gasteiger partial charge is 0.380 e. The van der Waals surface area contributed by atoms with Gasteiger partial charge in [0.15, 0.2) is 0 Å². The number of benzene rings is 1. The Balaban J connectivity index is 1.63. The van der Waals surface area contributed by atoms with Crippen molar-refractivity contribution < 1.29 is 4.74 Å². The molecule has 0 bridgehead atoms. The van der Waals surface area contributed by atoms with Crippen molar-refractivity contribution >= 4 is 0 Å². The highest BCUT2D eigenvalue weighted by molar-refractivity contribution is 5.14. The van der Waals surface area contributed by atoms with Crippen LogP contribution in [0.1, 0.15) is 18.9 Å². The maximum absolute atomic E-state index is 5.55. The van der Waals surface area contributed by atoms with E-state index in [0.29, 0.717) is 12.0 Å². The normalized spacial score (nSPS) is 24.5. The van der Waals surface area contributed by atoms with E-state index in [1.807, 2.05) is 7.11 Å². The van der Waals surface area contributed by atoms with Gasteiger partial charge in [0.05, 0.1) is 6.10 Å². The van der Waals surface area contributed by atoms with Crippen LogP contribution >= 0.6 is 0 Å². The van der Waals surface area contributed by atoms with Crippen LogP contribution in [0.2, 0.25) is 0 Å². The Morgan fingerprint density at radius 1 is 1.32 bits per heavy atom. The van der Waals surface area contributed by atoms with Crippen molar-refractivity contribution in [3.63, 3.8) is 0 Å². The van der Waals surface area contributed by atoms with E-state index in [0.717, 1.165) is 26.2 Å². The fourth-order valence-electron chi connectivity index (χ4n) is 2.67. The summed E-state index contributed by atoms with van der Waals surface area (Å²) in [5.74, 6) is 0.693. The van der Waals surface area contributed by atoms with Crippen LogP contribution in [0.25, 0.3) is 0 Å². The number of nitrogens with zero attached hydrogens (tertiary/aromatic N) is 1. The van der Waals surface area contributed by atoms with Gasteiger partial charge in [0.1, 0.15) is 0 Å². The second kappa shape index (κ2) is 7.63. The zero-order valence-electron chi connectivity index (χ0n) is 12.1. The second-order valence-corrected chi connectivity index (χ2v) is 5.50. The number of piperidine rings is 1. The fourth-order valence-corrected chi connectivity index (χ4v) is 2.67. The third-order valence-corrected chi connectivity index (χ3v) is 4.05. The minimum absolute atomic E-state index is 0.405. The molecule has 1 aromatic carbocycles. The summed E-state index contributed by atoms with van der Waals surface area (Å²) in [6.07, 6.45) is 1.65. The predicted octanol–water partition coefficient (Wildman–Crippen LogP) is 2.13. The van der Waals surface area contributed by atoms with Crippen LogP contribution < -0.4 is 5.32 Å². The fraction of sp³-hybridized carbons (Fsp3) is 0.625. The molecule has 0 spiro atoms. The zero-order valence-corrected chi connectivity index (χ0v) is 12.1. The summed E-state index contributed by atoms with van der Waals surface area (Å²) < 4.78 is 5.55. The predicted molar refractivity (Wildman–Crippen MR) is 79.2 cm³/mol. The first-order valence-corrected chi connectivity index (χ1v) is 7.29. The first-order chi connectivity index (χ1) is 9.29. The van der Waals surface area contributed by atoms with Crippen LogP contribution in [-0.2, 0) is 11.3 Å². The van der Waals surface area contributed by atoms with Gasteiger partial charge in [-0.25, -0.2) is 0 Å². The molecular formula is C16H26N2O. The highest BCUT2D eigenvalue weighted by atomic mass is 16.5. The van der Waals surface area contributed by atoms with Crippen molar-refractivity contribution in [2.45, 2.75) is 26.0 Å². The third-order valence-electron chi connectivity index (χ3n) is 4.05. The van der Waals surface area contributed by atoms with Crippen molar-refractivity contribution in [3.8, 4) is 0 Å². The van der Waals surface area contributed by atoms with Crippen LogP contribution in [0.5, 0.6) is 0 Å². The number of hydrogen-bond donors (Lipinski definition) is 1. The van der Waals surface area contributed by atoms with Gasteiger partial charge in [-0.15, -0.1) is 0 Å². The van der Waals surface area contributed by atoms with E-state index >= 15 is 0 Å². The molecular weight excluding hydrogens is 236 g/mol. The van der Waals surface area contributed by atoms with Crippen molar-refractivity contribution in [2.24, 2.45) is 5.92 Å². The van der Waals surface area contributed by atoms with E-state index in [1.165, 1.54) is 18.5 Å². The second-order valence-electron chi connectivity index (χ2n) is 5.50. The van der Waals surface area contributed by atoms with E-state index < -0.39 is 0 Å². The molecule has 0 radical (unpaired) electrons. The summed E-state index contributed by atoms with van der Waals surface area (Å²) in [6, 6.07) is 10.6. The molecule has 0 aliphatic carbocycles. The number of methoxy groups -OCH3 is 1. The lowest BCUT2D eigenvalue weighted by Crippen LogP contribution is -2.45. The lowest BCUT2D eigenvalue weighted by Gasteiger charge is -2.36. The minimum Gasteiger partial charge on any atom is -0.380 e. The quantitative estimate of drug-likeness (QED) is 0.795. The molecule has 0 saturated carbocycles. The van der Waals surface area contributed by atoms with Gasteiger partial charge < -0.3 is 10.1 Å². The molecule has 0 amide bonds. The molecule has 19 heavy (non-hydrogen) atoms. The topological polar surface area (TPSA) is 24.5 Å². The monoisotopic (exact) mass is 262 g/mol. The van der Waals surface area contributed by atoms with Gasteiger partial charge in [0.25, 0.3) is 0 Å². The zero-order chi connectivity index (χ0) is 13.5. The van der Waals surface area contributed by atoms with Crippen LogP contribution in [0.3, 0.4) is 0 Å². The lowest BCUT2D eigenvalue weighted by atomic mass is 9.96. The summed E-state index contributed by atoms with van der Waals surface area (Å²) in [5, 5.41) is 3.51. The number of likely N-dealkylation sites (tertiary alicyclic amines) is 1. The van der Waals surface area contributed by atoms with E-state index in [2.05, 4.69) is 47.5 Å². The Bertz CT molecular complexity index is 355. The lowest BCUT2D eigenvalue weighted by molar-refractivity contribution is -0.00443. The summed E-state index contributed by atoms with van der Waals surface area (Å²) in [7, 11) is 1.83. The summed E-state index contributed by atoms with van der Waals surface area (Å²) in [6.45, 7) is 7.68. The molecule has 1 aliphatic rings. The molecule has 1 aliphatic heterocycles. The van der Waals surface area contributed by atoms with Crippen molar-refractivity contribution in [1.29, 1.82) is 0 Å². The molecule has 2 atom stereocenters. The summed E-state index contributed by atoms with van der Waals surface area (Å²) in [4.78, 5) is 2.51. The SMILES string of the molecule is COC1CN(CCNCc2ccccc2)CCC1C. The van der Waals surface area contributed by atoms with E-state index in [9.17, 15) is 0 Å². The Kier molecular flexibility index (Phi) is 5.83. The van der Waals surface area contributed by atoms with Crippen LogP contribution in [0.4, 0.5) is 0 Å². The standard InChI is InChI=1S/C16H26N2O/c1-14-8-10-18(13-16(14)19-2)11-9-17-12-15-6-4-3-5-7-15/h3-7,14,16-17H,8-13H2,1-2H3. The van der Waals surface area contributed by atoms with Gasteiger partial charge in [0.2, 0.25) is 0 Å². The van der Waals surface area contributed by atoms with Gasteiger partial charge in [0, 0.05) is 33.3 Å². The Labute approximate surface area is 116 Å². The highest BCUT2D eigenvalue weighted by Crippen LogP contribution is 2.18. The molecule has 106 valence electrons. The average molecular weight is 262 g/mol. The minimum atomic E-state index is 0.405. The Hall–Kier alpha value is -0.900.